The third-order valence-corrected chi connectivity index (χ3v) is 8.86. The molecule has 0 atom stereocenters. The third-order valence-electron chi connectivity index (χ3n) is 8.86. The predicted octanol–water partition coefficient (Wildman–Crippen LogP) is 9.18. The summed E-state index contributed by atoms with van der Waals surface area (Å²) in [6.45, 7) is 21.8. The van der Waals surface area contributed by atoms with E-state index in [-0.39, 0.29) is 36.8 Å². The first kappa shape index (κ1) is 42.6. The number of hydrogen-bond donors (Lipinski definition) is 1. The standard InChI is InChI=1S/C38H70N4O5/c1-9-13-16-19-21-24-28-41(35(44)39-26-12-4)36(45)40(27-23-18-15-11-3)32-34(43)47-33-30-37(5,6)42(38(7,8)31-33)46-29-25-22-20-17-14-10-2/h9,12,33H,1,4,10-11,13-32H2,2-3,5-8H3,(H,39,44). The van der Waals surface area contributed by atoms with Gasteiger partial charge in [-0.25, -0.2) is 14.5 Å². The van der Waals surface area contributed by atoms with Gasteiger partial charge >= 0.3 is 18.0 Å². The lowest BCUT2D eigenvalue weighted by molar-refractivity contribution is -0.293. The van der Waals surface area contributed by atoms with Gasteiger partial charge in [0.1, 0.15) is 12.6 Å². The normalized spacial score (nSPS) is 16.0. The molecular weight excluding hydrogens is 592 g/mol. The van der Waals surface area contributed by atoms with Crippen molar-refractivity contribution in [3.63, 3.8) is 0 Å². The summed E-state index contributed by atoms with van der Waals surface area (Å²) < 4.78 is 6.09. The summed E-state index contributed by atoms with van der Waals surface area (Å²) in [6.07, 6.45) is 20.1. The van der Waals surface area contributed by atoms with Crippen molar-refractivity contribution in [2.75, 3.05) is 32.8 Å². The molecular formula is C38H70N4O5. The van der Waals surface area contributed by atoms with Crippen molar-refractivity contribution in [2.24, 2.45) is 0 Å². The Morgan fingerprint density at radius 1 is 0.787 bits per heavy atom. The van der Waals surface area contributed by atoms with Gasteiger partial charge in [-0.2, -0.15) is 5.06 Å². The van der Waals surface area contributed by atoms with Crippen LogP contribution in [-0.4, -0.2) is 82.9 Å². The molecule has 0 aromatic carbocycles. The SMILES string of the molecule is C=CCCCCCCN(C(=O)NCC=C)C(=O)N(CCCCCC)CC(=O)OC1CC(C)(C)N(OCCCCCCCC)C(C)(C)C1. The second-order valence-electron chi connectivity index (χ2n) is 14.4. The maximum absolute atomic E-state index is 13.9. The van der Waals surface area contributed by atoms with Crippen molar-refractivity contribution in [3.05, 3.63) is 25.3 Å². The smallest absolute Gasteiger partial charge is 0.328 e. The Balaban J connectivity index is 2.92. The summed E-state index contributed by atoms with van der Waals surface area (Å²) in [6, 6.07) is -0.922. The molecule has 1 saturated heterocycles. The lowest BCUT2D eigenvalue weighted by atomic mass is 9.80. The van der Waals surface area contributed by atoms with E-state index in [0.717, 1.165) is 57.8 Å². The number of carbonyl (C=O) groups is 3. The van der Waals surface area contributed by atoms with Crippen molar-refractivity contribution >= 4 is 18.0 Å². The van der Waals surface area contributed by atoms with E-state index in [4.69, 9.17) is 9.57 Å². The number of nitrogens with one attached hydrogen (secondary N) is 1. The molecule has 9 nitrogen and oxygen atoms in total. The number of urea groups is 2. The van der Waals surface area contributed by atoms with Gasteiger partial charge in [0.25, 0.3) is 0 Å². The molecule has 1 rings (SSSR count). The molecule has 0 saturated carbocycles. The van der Waals surface area contributed by atoms with Crippen molar-refractivity contribution in [2.45, 2.75) is 168 Å². The van der Waals surface area contributed by atoms with E-state index in [1.165, 1.54) is 41.9 Å². The Hall–Kier alpha value is -2.39. The number of nitrogens with zero attached hydrogens (tertiary/aromatic N) is 3. The minimum absolute atomic E-state index is 0.189. The van der Waals surface area contributed by atoms with Crippen LogP contribution in [-0.2, 0) is 14.4 Å². The number of ether oxygens (including phenoxy) is 1. The molecule has 1 heterocycles. The lowest BCUT2D eigenvalue weighted by Crippen LogP contribution is -2.62. The fourth-order valence-electron chi connectivity index (χ4n) is 6.62. The molecule has 272 valence electrons. The first-order valence-electron chi connectivity index (χ1n) is 18.6. The Bertz CT molecular complexity index is 904. The molecule has 1 N–H and O–H groups in total. The zero-order valence-corrected chi connectivity index (χ0v) is 31.1. The van der Waals surface area contributed by atoms with Crippen molar-refractivity contribution in [3.8, 4) is 0 Å². The molecule has 0 aliphatic carbocycles. The molecule has 0 radical (unpaired) electrons. The summed E-state index contributed by atoms with van der Waals surface area (Å²) in [5, 5.41) is 4.86. The van der Waals surface area contributed by atoms with E-state index in [2.05, 4.69) is 65.1 Å². The largest absolute Gasteiger partial charge is 0.461 e. The van der Waals surface area contributed by atoms with Gasteiger partial charge in [0.15, 0.2) is 0 Å². The van der Waals surface area contributed by atoms with Gasteiger partial charge in [0.05, 0.1) is 6.61 Å². The number of allylic oxidation sites excluding steroid dienone is 1. The van der Waals surface area contributed by atoms with Gasteiger partial charge in [0.2, 0.25) is 0 Å². The van der Waals surface area contributed by atoms with Crippen LogP contribution in [0.15, 0.2) is 25.3 Å². The van der Waals surface area contributed by atoms with Crippen LogP contribution in [0, 0.1) is 0 Å². The Morgan fingerprint density at radius 2 is 1.34 bits per heavy atom. The highest BCUT2D eigenvalue weighted by molar-refractivity contribution is 5.94. The van der Waals surface area contributed by atoms with Crippen LogP contribution in [0.1, 0.15) is 151 Å². The molecule has 1 aliphatic rings. The molecule has 9 heteroatoms. The first-order valence-corrected chi connectivity index (χ1v) is 18.6. The molecule has 0 spiro atoms. The zero-order chi connectivity index (χ0) is 35.1. The van der Waals surface area contributed by atoms with E-state index >= 15 is 0 Å². The average Bonchev–Trinajstić information content (AvgIpc) is 3.00. The molecule has 47 heavy (non-hydrogen) atoms. The maximum Gasteiger partial charge on any atom is 0.328 e. The monoisotopic (exact) mass is 663 g/mol. The van der Waals surface area contributed by atoms with Crippen LogP contribution in [0.3, 0.4) is 0 Å². The minimum atomic E-state index is -0.468. The van der Waals surface area contributed by atoms with Gasteiger partial charge in [0, 0.05) is 43.6 Å². The third kappa shape index (κ3) is 17.0. The summed E-state index contributed by atoms with van der Waals surface area (Å²) in [7, 11) is 0. The topological polar surface area (TPSA) is 91.4 Å². The Labute approximate surface area is 287 Å². The number of hydrogen-bond acceptors (Lipinski definition) is 6. The van der Waals surface area contributed by atoms with Gasteiger partial charge in [-0.1, -0.05) is 90.2 Å². The van der Waals surface area contributed by atoms with E-state index in [9.17, 15) is 14.4 Å². The number of esters is 1. The van der Waals surface area contributed by atoms with Crippen LogP contribution in [0.4, 0.5) is 9.59 Å². The van der Waals surface area contributed by atoms with Crippen LogP contribution >= 0.6 is 0 Å². The number of piperidine rings is 1. The van der Waals surface area contributed by atoms with Gasteiger partial charge in [-0.15, -0.1) is 13.2 Å². The van der Waals surface area contributed by atoms with Crippen LogP contribution in [0.2, 0.25) is 0 Å². The number of carbonyl (C=O) groups excluding carboxylic acids is 3. The predicted molar refractivity (Wildman–Crippen MR) is 193 cm³/mol. The summed E-state index contributed by atoms with van der Waals surface area (Å²) in [4.78, 5) is 49.5. The van der Waals surface area contributed by atoms with Crippen molar-refractivity contribution < 1.29 is 24.0 Å². The lowest BCUT2D eigenvalue weighted by Gasteiger charge is -2.53. The zero-order valence-electron chi connectivity index (χ0n) is 31.1. The highest BCUT2D eigenvalue weighted by Gasteiger charge is 2.48. The van der Waals surface area contributed by atoms with Crippen LogP contribution in [0.5, 0.6) is 0 Å². The average molecular weight is 663 g/mol. The molecule has 0 aromatic heterocycles. The number of unbranched alkanes of at least 4 members (excludes halogenated alkanes) is 12. The second-order valence-corrected chi connectivity index (χ2v) is 14.4. The molecule has 1 fully saturated rings. The highest BCUT2D eigenvalue weighted by atomic mass is 16.7. The Morgan fingerprint density at radius 3 is 1.96 bits per heavy atom. The fraction of sp³-hybridized carbons (Fsp3) is 0.816. The molecule has 4 amide bonds. The van der Waals surface area contributed by atoms with Gasteiger partial charge in [-0.3, -0.25) is 9.63 Å². The highest BCUT2D eigenvalue weighted by Crippen LogP contribution is 2.40. The van der Waals surface area contributed by atoms with Crippen LogP contribution in [0.25, 0.3) is 0 Å². The van der Waals surface area contributed by atoms with Crippen molar-refractivity contribution in [1.29, 1.82) is 0 Å². The summed E-state index contributed by atoms with van der Waals surface area (Å²) >= 11 is 0. The molecule has 0 unspecified atom stereocenters. The summed E-state index contributed by atoms with van der Waals surface area (Å²) in [5.41, 5.74) is -0.674. The van der Waals surface area contributed by atoms with Crippen LogP contribution < -0.4 is 5.32 Å². The fourth-order valence-corrected chi connectivity index (χ4v) is 6.62. The van der Waals surface area contributed by atoms with Gasteiger partial charge in [-0.05, 0) is 59.8 Å². The first-order chi connectivity index (χ1) is 22.4. The molecule has 1 aliphatic heterocycles. The summed E-state index contributed by atoms with van der Waals surface area (Å²) in [5.74, 6) is -0.442. The van der Waals surface area contributed by atoms with E-state index < -0.39 is 18.0 Å². The van der Waals surface area contributed by atoms with E-state index in [1.807, 2.05) is 6.08 Å². The number of hydroxylamine groups is 2. The maximum atomic E-state index is 13.9. The van der Waals surface area contributed by atoms with Crippen molar-refractivity contribution in [1.82, 2.24) is 20.2 Å². The van der Waals surface area contributed by atoms with E-state index in [1.54, 1.807) is 6.08 Å². The molecule has 0 bridgehead atoms. The minimum Gasteiger partial charge on any atom is -0.461 e. The van der Waals surface area contributed by atoms with E-state index in [0.29, 0.717) is 32.4 Å². The number of imide groups is 1. The molecule has 0 aromatic rings. The second kappa shape index (κ2) is 23.9. The quantitative estimate of drug-likeness (QED) is 0.0596. The number of amides is 4. The number of rotatable bonds is 25. The Kier molecular flexibility index (Phi) is 21.6. The van der Waals surface area contributed by atoms with Gasteiger partial charge < -0.3 is 15.0 Å².